The van der Waals surface area contributed by atoms with Gasteiger partial charge in [-0.3, -0.25) is 13.7 Å². The second-order valence-electron chi connectivity index (χ2n) is 20.6. The molecular weight excluding hydrogens is 972 g/mol. The molecule has 0 aliphatic heterocycles. The average Bonchev–Trinajstić information content (AvgIpc) is 4.27. The summed E-state index contributed by atoms with van der Waals surface area (Å²) >= 11 is 0. The van der Waals surface area contributed by atoms with E-state index in [9.17, 15) is 0 Å². The van der Waals surface area contributed by atoms with E-state index in [1.54, 1.807) is 0 Å². The van der Waals surface area contributed by atoms with Gasteiger partial charge in [0.25, 0.3) is 0 Å². The molecule has 0 amide bonds. The predicted molar refractivity (Wildman–Crippen MR) is 322 cm³/mol. The first-order valence-electron chi connectivity index (χ1n) is 26.6. The molecule has 0 bridgehead atoms. The zero-order valence-corrected chi connectivity index (χ0v) is 42.0. The van der Waals surface area contributed by atoms with Gasteiger partial charge in [0.2, 0.25) is 6.71 Å². The maximum Gasteiger partial charge on any atom is 0.247 e. The smallest absolute Gasteiger partial charge is 0.247 e. The largest absolute Gasteiger partial charge is 0.454 e. The molecule has 9 nitrogen and oxygen atoms in total. The molecule has 0 saturated heterocycles. The van der Waals surface area contributed by atoms with Gasteiger partial charge in [0, 0.05) is 83.2 Å². The maximum absolute atomic E-state index is 6.70. The fourth-order valence-electron chi connectivity index (χ4n) is 13.1. The van der Waals surface area contributed by atoms with E-state index in [1.807, 2.05) is 55.0 Å². The Balaban J connectivity index is 0.821. The third kappa shape index (κ3) is 5.91. The van der Waals surface area contributed by atoms with E-state index in [0.717, 1.165) is 165 Å². The molecule has 79 heavy (non-hydrogen) atoms. The van der Waals surface area contributed by atoms with Crippen LogP contribution >= 0.6 is 0 Å². The summed E-state index contributed by atoms with van der Waals surface area (Å²) < 4.78 is 26.8. The molecule has 366 valence electrons. The second-order valence-corrected chi connectivity index (χ2v) is 20.6. The molecule has 0 N–H and O–H groups in total. The van der Waals surface area contributed by atoms with Gasteiger partial charge in [-0.2, -0.15) is 0 Å². The van der Waals surface area contributed by atoms with E-state index >= 15 is 0 Å². The van der Waals surface area contributed by atoms with Crippen molar-refractivity contribution in [3.05, 3.63) is 237 Å². The number of benzene rings is 9. The summed E-state index contributed by atoms with van der Waals surface area (Å²) in [6.07, 6.45) is 6.03. The molecule has 0 radical (unpaired) electrons. The fraction of sp³-hybridized carbons (Fsp3) is 0. The number of nitrogens with zero attached hydrogens (tertiary/aromatic N) is 6. The minimum atomic E-state index is -0.301. The van der Waals surface area contributed by atoms with Crippen LogP contribution in [0.2, 0.25) is 0 Å². The van der Waals surface area contributed by atoms with Crippen molar-refractivity contribution < 1.29 is 13.3 Å². The van der Waals surface area contributed by atoms with Crippen LogP contribution in [0, 0.1) is 0 Å². The van der Waals surface area contributed by atoms with Gasteiger partial charge in [0.1, 0.15) is 34.2 Å². The molecule has 18 aromatic rings. The Kier molecular flexibility index (Phi) is 8.57. The van der Waals surface area contributed by atoms with Crippen molar-refractivity contribution in [3.8, 4) is 17.5 Å². The van der Waals surface area contributed by atoms with Crippen molar-refractivity contribution in [1.29, 1.82) is 0 Å². The summed E-state index contributed by atoms with van der Waals surface area (Å²) in [7, 11) is 0. The molecule has 0 saturated carbocycles. The van der Waals surface area contributed by atoms with Crippen molar-refractivity contribution in [3.63, 3.8) is 0 Å². The predicted octanol–water partition coefficient (Wildman–Crippen LogP) is 15.4. The molecule has 10 heteroatoms. The molecule has 0 fully saturated rings. The minimum Gasteiger partial charge on any atom is -0.454 e. The van der Waals surface area contributed by atoms with Crippen LogP contribution in [0.3, 0.4) is 0 Å². The first kappa shape index (κ1) is 42.5. The Morgan fingerprint density at radius 3 is 0.835 bits per heavy atom. The number of rotatable bonds is 6. The zero-order valence-electron chi connectivity index (χ0n) is 42.0. The summed E-state index contributed by atoms with van der Waals surface area (Å²) in [6, 6.07) is 76.5. The van der Waals surface area contributed by atoms with Crippen LogP contribution < -0.4 is 16.4 Å². The Morgan fingerprint density at radius 2 is 0.532 bits per heavy atom. The Hall–Kier alpha value is -10.7. The van der Waals surface area contributed by atoms with Crippen molar-refractivity contribution in [1.82, 2.24) is 28.7 Å². The van der Waals surface area contributed by atoms with Gasteiger partial charge in [-0.05, 0) is 72.8 Å². The molecule has 18 rings (SSSR count). The monoisotopic (exact) mass is 1010 g/mol. The Labute approximate surface area is 448 Å². The number of pyridine rings is 3. The van der Waals surface area contributed by atoms with E-state index in [4.69, 9.17) is 28.2 Å². The van der Waals surface area contributed by atoms with Gasteiger partial charge in [-0.1, -0.05) is 162 Å². The quantitative estimate of drug-likeness (QED) is 0.154. The van der Waals surface area contributed by atoms with E-state index in [0.29, 0.717) is 0 Å². The zero-order chi connectivity index (χ0) is 51.4. The number of aromatic nitrogens is 6. The maximum atomic E-state index is 6.70. The second kappa shape index (κ2) is 15.9. The van der Waals surface area contributed by atoms with Gasteiger partial charge in [-0.25, -0.2) is 15.0 Å². The van der Waals surface area contributed by atoms with E-state index in [1.165, 1.54) is 0 Å². The van der Waals surface area contributed by atoms with Crippen molar-refractivity contribution in [2.75, 3.05) is 0 Å². The standard InChI is InChI=1S/C69H39BN6O3/c1-7-19-55-43(13-1)49-28-31-52-46-16-4-10-22-58(46)77-67(52)64(49)74(55)61-34-25-40(37-71-61)70(41-26-35-62(72-38-41)75-56-20-8-2-14-44(56)50-29-32-53-47-17-5-11-23-59(47)78-68(53)65(50)75)42-27-36-63(73-39-42)76-57-21-9-3-15-45(57)51-30-33-54-48-18-6-12-24-60(48)79-69(54)66(51)76/h1-39H. The normalized spacial score (nSPS) is 12.3. The average molecular weight is 1010 g/mol. The summed E-state index contributed by atoms with van der Waals surface area (Å²) in [5.41, 5.74) is 14.2. The highest BCUT2D eigenvalue weighted by molar-refractivity contribution is 6.95. The first-order chi connectivity index (χ1) is 39.2. The lowest BCUT2D eigenvalue weighted by molar-refractivity contribution is 0.670. The highest BCUT2D eigenvalue weighted by Crippen LogP contribution is 2.43. The SMILES string of the molecule is c1ccc2c(c1)oc1c2ccc2c3ccccc3n(-c3ccc(B(c4ccc(-n5c6ccccc6c6ccc7c8ccccc8oc7c65)nc4)c4ccc(-n5c6ccccc6c6ccc7c8ccccc8oc7c65)nc4)cn3)c21. The molecule has 0 spiro atoms. The van der Waals surface area contributed by atoms with E-state index in [2.05, 4.69) is 196 Å². The summed E-state index contributed by atoms with van der Waals surface area (Å²) in [6.45, 7) is -0.301. The van der Waals surface area contributed by atoms with E-state index < -0.39 is 0 Å². The topological polar surface area (TPSA) is 92.9 Å². The van der Waals surface area contributed by atoms with Crippen LogP contribution in [0.1, 0.15) is 0 Å². The summed E-state index contributed by atoms with van der Waals surface area (Å²) in [4.78, 5) is 16.1. The van der Waals surface area contributed by atoms with Crippen LogP contribution in [-0.2, 0) is 0 Å². The molecule has 9 heterocycles. The molecule has 0 aliphatic rings. The third-order valence-corrected chi connectivity index (χ3v) is 16.5. The number of fused-ring (bicyclic) bond motifs is 21. The lowest BCUT2D eigenvalue weighted by Gasteiger charge is -2.17. The number of hydrogen-bond donors (Lipinski definition) is 0. The molecule has 0 aliphatic carbocycles. The lowest BCUT2D eigenvalue weighted by atomic mass is 9.37. The molecule has 0 unspecified atom stereocenters. The molecular formula is C69H39BN6O3. The summed E-state index contributed by atoms with van der Waals surface area (Å²) in [5, 5.41) is 13.2. The molecule has 9 aromatic carbocycles. The van der Waals surface area contributed by atoms with E-state index in [-0.39, 0.29) is 6.71 Å². The van der Waals surface area contributed by atoms with Crippen LogP contribution in [0.15, 0.2) is 250 Å². The first-order valence-corrected chi connectivity index (χ1v) is 26.6. The fourth-order valence-corrected chi connectivity index (χ4v) is 13.1. The third-order valence-electron chi connectivity index (χ3n) is 16.5. The Bertz CT molecular complexity index is 5020. The van der Waals surface area contributed by atoms with Gasteiger partial charge in [-0.15, -0.1) is 0 Å². The number of furan rings is 3. The highest BCUT2D eigenvalue weighted by Gasteiger charge is 2.27. The van der Waals surface area contributed by atoms with Crippen molar-refractivity contribution in [2.45, 2.75) is 0 Å². The van der Waals surface area contributed by atoms with Crippen LogP contribution in [0.25, 0.3) is 149 Å². The highest BCUT2D eigenvalue weighted by atomic mass is 16.3. The molecule has 0 atom stereocenters. The van der Waals surface area contributed by atoms with Crippen molar-refractivity contribution >= 4 is 154 Å². The summed E-state index contributed by atoms with van der Waals surface area (Å²) in [5.74, 6) is 2.36. The van der Waals surface area contributed by atoms with Gasteiger partial charge in [0.05, 0.1) is 33.1 Å². The number of hydrogen-bond acceptors (Lipinski definition) is 6. The van der Waals surface area contributed by atoms with Crippen LogP contribution in [0.4, 0.5) is 0 Å². The lowest BCUT2D eigenvalue weighted by Crippen LogP contribution is -2.52. The van der Waals surface area contributed by atoms with Crippen LogP contribution in [-0.4, -0.2) is 35.4 Å². The van der Waals surface area contributed by atoms with Crippen LogP contribution in [0.5, 0.6) is 0 Å². The van der Waals surface area contributed by atoms with Gasteiger partial charge < -0.3 is 13.3 Å². The Morgan fingerprint density at radius 1 is 0.253 bits per heavy atom. The van der Waals surface area contributed by atoms with Crippen molar-refractivity contribution in [2.24, 2.45) is 0 Å². The molecule has 9 aromatic heterocycles. The number of para-hydroxylation sites is 6. The van der Waals surface area contributed by atoms with Gasteiger partial charge in [0.15, 0.2) is 16.7 Å². The van der Waals surface area contributed by atoms with Gasteiger partial charge >= 0.3 is 0 Å². The minimum absolute atomic E-state index is 0.301.